The Bertz CT molecular complexity index is 1030. The zero-order valence-electron chi connectivity index (χ0n) is 15.7. The molecule has 0 amide bonds. The second-order valence-corrected chi connectivity index (χ2v) is 7.22. The van der Waals surface area contributed by atoms with Gasteiger partial charge >= 0.3 is 5.97 Å². The van der Waals surface area contributed by atoms with Gasteiger partial charge in [-0.05, 0) is 50.2 Å². The lowest BCUT2D eigenvalue weighted by Crippen LogP contribution is -2.42. The first-order valence-corrected chi connectivity index (χ1v) is 9.93. The largest absolute Gasteiger partial charge is 0.466 e. The molecule has 4 rings (SSSR count). The predicted molar refractivity (Wildman–Crippen MR) is 114 cm³/mol. The smallest absolute Gasteiger partial charge is 0.309 e. The van der Waals surface area contributed by atoms with E-state index in [1.54, 1.807) is 12.4 Å². The SMILES string of the molecule is CCOC(=O)C1CCN(C(=S)Nc2cc3ncccc3c3cccnc23)CC1. The van der Waals surface area contributed by atoms with E-state index in [-0.39, 0.29) is 11.9 Å². The van der Waals surface area contributed by atoms with Crippen LogP contribution in [0.4, 0.5) is 5.69 Å². The van der Waals surface area contributed by atoms with Gasteiger partial charge in [0.25, 0.3) is 0 Å². The van der Waals surface area contributed by atoms with Crippen LogP contribution in [-0.4, -0.2) is 45.6 Å². The van der Waals surface area contributed by atoms with Crippen molar-refractivity contribution in [1.82, 2.24) is 14.9 Å². The minimum Gasteiger partial charge on any atom is -0.466 e. The number of carbonyl (C=O) groups is 1. The number of rotatable bonds is 3. The molecule has 0 unspecified atom stereocenters. The van der Waals surface area contributed by atoms with E-state index in [1.807, 2.05) is 31.2 Å². The zero-order valence-corrected chi connectivity index (χ0v) is 16.5. The van der Waals surface area contributed by atoms with Crippen LogP contribution in [0.2, 0.25) is 0 Å². The maximum atomic E-state index is 11.9. The number of esters is 1. The summed E-state index contributed by atoms with van der Waals surface area (Å²) in [4.78, 5) is 23.1. The normalized spacial score (nSPS) is 15.0. The van der Waals surface area contributed by atoms with Crippen molar-refractivity contribution in [3.05, 3.63) is 42.7 Å². The first-order valence-electron chi connectivity index (χ1n) is 9.52. The number of carbonyl (C=O) groups excluding carboxylic acids is 1. The number of thiocarbonyl (C=S) groups is 1. The number of piperidine rings is 1. The van der Waals surface area contributed by atoms with E-state index >= 15 is 0 Å². The summed E-state index contributed by atoms with van der Waals surface area (Å²) in [6.45, 7) is 3.72. The second kappa shape index (κ2) is 8.06. The fourth-order valence-corrected chi connectivity index (χ4v) is 3.96. The van der Waals surface area contributed by atoms with Crippen LogP contribution >= 0.6 is 12.2 Å². The Morgan fingerprint density at radius 1 is 1.21 bits per heavy atom. The fraction of sp³-hybridized carbons (Fsp3) is 0.333. The first kappa shape index (κ1) is 18.6. The van der Waals surface area contributed by atoms with Crippen LogP contribution in [0.5, 0.6) is 0 Å². The molecule has 1 fully saturated rings. The van der Waals surface area contributed by atoms with Crippen molar-refractivity contribution < 1.29 is 9.53 Å². The molecule has 2 aromatic heterocycles. The number of hydrogen-bond donors (Lipinski definition) is 1. The fourth-order valence-electron chi connectivity index (χ4n) is 3.67. The lowest BCUT2D eigenvalue weighted by Gasteiger charge is -2.33. The molecule has 144 valence electrons. The Balaban J connectivity index is 1.53. The molecule has 1 N–H and O–H groups in total. The van der Waals surface area contributed by atoms with Crippen molar-refractivity contribution in [2.45, 2.75) is 19.8 Å². The van der Waals surface area contributed by atoms with Gasteiger partial charge in [-0.3, -0.25) is 14.8 Å². The number of hydrogen-bond acceptors (Lipinski definition) is 5. The van der Waals surface area contributed by atoms with Gasteiger partial charge in [-0.1, -0.05) is 12.1 Å². The van der Waals surface area contributed by atoms with Crippen molar-refractivity contribution in [2.24, 2.45) is 5.92 Å². The molecule has 0 bridgehead atoms. The van der Waals surface area contributed by atoms with Crippen LogP contribution in [0.3, 0.4) is 0 Å². The van der Waals surface area contributed by atoms with Gasteiger partial charge in [0.1, 0.15) is 0 Å². The van der Waals surface area contributed by atoms with E-state index in [2.05, 4.69) is 26.3 Å². The van der Waals surface area contributed by atoms with Crippen molar-refractivity contribution in [1.29, 1.82) is 0 Å². The number of anilines is 1. The summed E-state index contributed by atoms with van der Waals surface area (Å²) in [7, 11) is 0. The molecule has 0 radical (unpaired) electrons. The van der Waals surface area contributed by atoms with Crippen LogP contribution in [0.25, 0.3) is 21.8 Å². The molecular formula is C21H22N4O2S. The Labute approximate surface area is 168 Å². The maximum absolute atomic E-state index is 11.9. The first-order chi connectivity index (χ1) is 13.7. The van der Waals surface area contributed by atoms with Gasteiger partial charge < -0.3 is 15.0 Å². The van der Waals surface area contributed by atoms with E-state index in [1.165, 1.54) is 0 Å². The molecule has 1 aliphatic rings. The molecular weight excluding hydrogens is 372 g/mol. The van der Waals surface area contributed by atoms with Gasteiger partial charge in [-0.25, -0.2) is 0 Å². The van der Waals surface area contributed by atoms with Crippen molar-refractivity contribution in [2.75, 3.05) is 25.0 Å². The molecule has 0 aliphatic carbocycles. The minimum atomic E-state index is -0.100. The van der Waals surface area contributed by atoms with Gasteiger partial charge in [0, 0.05) is 36.3 Å². The summed E-state index contributed by atoms with van der Waals surface area (Å²) in [6, 6.07) is 9.94. The number of nitrogens with one attached hydrogen (secondary N) is 1. The molecule has 0 atom stereocenters. The highest BCUT2D eigenvalue weighted by atomic mass is 32.1. The van der Waals surface area contributed by atoms with Crippen molar-refractivity contribution >= 4 is 50.8 Å². The molecule has 0 saturated carbocycles. The monoisotopic (exact) mass is 394 g/mol. The number of ether oxygens (including phenoxy) is 1. The van der Waals surface area contributed by atoms with Crippen LogP contribution in [0.15, 0.2) is 42.7 Å². The summed E-state index contributed by atoms with van der Waals surface area (Å²) in [6.07, 6.45) is 5.06. The van der Waals surface area contributed by atoms with Crippen molar-refractivity contribution in [3.8, 4) is 0 Å². The van der Waals surface area contributed by atoms with Gasteiger partial charge in [0.05, 0.1) is 29.2 Å². The molecule has 1 saturated heterocycles. The highest BCUT2D eigenvalue weighted by Gasteiger charge is 2.27. The molecule has 6 nitrogen and oxygen atoms in total. The van der Waals surface area contributed by atoms with Crippen LogP contribution in [-0.2, 0) is 9.53 Å². The third-order valence-electron chi connectivity index (χ3n) is 5.12. The Morgan fingerprint density at radius 2 is 1.93 bits per heavy atom. The van der Waals surface area contributed by atoms with Gasteiger partial charge in [-0.2, -0.15) is 0 Å². The number of nitrogens with zero attached hydrogens (tertiary/aromatic N) is 3. The number of likely N-dealkylation sites (tertiary alicyclic amines) is 1. The standard InChI is InChI=1S/C21H22N4O2S/c1-2-27-20(26)14-7-11-25(12-8-14)21(28)24-18-13-17-15(5-3-9-22-17)16-6-4-10-23-19(16)18/h3-6,9-10,13-14H,2,7-8,11-12H2,1H3,(H,24,28). The Kier molecular flexibility index (Phi) is 5.34. The molecule has 1 aromatic carbocycles. The zero-order chi connectivity index (χ0) is 19.5. The highest BCUT2D eigenvalue weighted by Crippen LogP contribution is 2.30. The molecule has 3 heterocycles. The van der Waals surface area contributed by atoms with Crippen molar-refractivity contribution in [3.63, 3.8) is 0 Å². The van der Waals surface area contributed by atoms with Crippen LogP contribution < -0.4 is 5.32 Å². The summed E-state index contributed by atoms with van der Waals surface area (Å²) in [5, 5.41) is 6.11. The molecule has 0 spiro atoms. The minimum absolute atomic E-state index is 0.0358. The third kappa shape index (κ3) is 3.62. The van der Waals surface area contributed by atoms with E-state index in [4.69, 9.17) is 17.0 Å². The Hall–Kier alpha value is -2.80. The molecule has 28 heavy (non-hydrogen) atoms. The number of aromatic nitrogens is 2. The maximum Gasteiger partial charge on any atom is 0.309 e. The summed E-state index contributed by atoms with van der Waals surface area (Å²) >= 11 is 5.65. The van der Waals surface area contributed by atoms with Gasteiger partial charge in [0.15, 0.2) is 5.11 Å². The Morgan fingerprint density at radius 3 is 2.68 bits per heavy atom. The van der Waals surface area contributed by atoms with Crippen LogP contribution in [0.1, 0.15) is 19.8 Å². The van der Waals surface area contributed by atoms with E-state index in [9.17, 15) is 4.79 Å². The van der Waals surface area contributed by atoms with E-state index in [0.717, 1.165) is 53.4 Å². The van der Waals surface area contributed by atoms with Gasteiger partial charge in [-0.15, -0.1) is 0 Å². The molecule has 3 aromatic rings. The lowest BCUT2D eigenvalue weighted by atomic mass is 9.97. The summed E-state index contributed by atoms with van der Waals surface area (Å²) in [5.74, 6) is -0.136. The average molecular weight is 395 g/mol. The quantitative estimate of drug-likeness (QED) is 0.412. The lowest BCUT2D eigenvalue weighted by molar-refractivity contribution is -0.149. The molecule has 1 aliphatic heterocycles. The number of pyridine rings is 2. The van der Waals surface area contributed by atoms with E-state index in [0.29, 0.717) is 11.7 Å². The second-order valence-electron chi connectivity index (χ2n) is 6.84. The number of benzene rings is 1. The van der Waals surface area contributed by atoms with E-state index < -0.39 is 0 Å². The predicted octanol–water partition coefficient (Wildman–Crippen LogP) is 3.75. The average Bonchev–Trinajstić information content (AvgIpc) is 2.74. The highest BCUT2D eigenvalue weighted by molar-refractivity contribution is 7.80. The summed E-state index contributed by atoms with van der Waals surface area (Å²) < 4.78 is 5.14. The molecule has 7 heteroatoms. The third-order valence-corrected chi connectivity index (χ3v) is 5.48. The van der Waals surface area contributed by atoms with Crippen LogP contribution in [0, 0.1) is 5.92 Å². The van der Waals surface area contributed by atoms with Gasteiger partial charge in [0.2, 0.25) is 0 Å². The summed E-state index contributed by atoms with van der Waals surface area (Å²) in [5.41, 5.74) is 2.61. The topological polar surface area (TPSA) is 67.3 Å². The number of fused-ring (bicyclic) bond motifs is 3.